The number of hydrogen-bond acceptors (Lipinski definition) is 8. The first-order valence-electron chi connectivity index (χ1n) is 7.77. The molecule has 0 spiro atoms. The Labute approximate surface area is 165 Å². The van der Waals surface area contributed by atoms with E-state index in [2.05, 4.69) is 18.9 Å². The zero-order valence-electron chi connectivity index (χ0n) is 15.8. The van der Waals surface area contributed by atoms with Gasteiger partial charge in [0.2, 0.25) is 0 Å². The van der Waals surface area contributed by atoms with E-state index in [1.807, 2.05) is 0 Å². The normalized spacial score (nSPS) is 10.5. The molecule has 0 aliphatic rings. The molecule has 2 aromatic carbocycles. The lowest BCUT2D eigenvalue weighted by Gasteiger charge is -2.19. The minimum atomic E-state index is -2.34. The third kappa shape index (κ3) is 3.19. The second-order valence-electron chi connectivity index (χ2n) is 5.47. The van der Waals surface area contributed by atoms with Gasteiger partial charge in [-0.15, -0.1) is 0 Å². The maximum absolute atomic E-state index is 14.7. The molecule has 0 aliphatic carbocycles. The molecule has 0 fully saturated rings. The molecule has 0 amide bonds. The monoisotopic (exact) mass is 432 g/mol. The molecule has 8 nitrogen and oxygen atoms in total. The molecule has 2 aromatic rings. The third-order valence-corrected chi connectivity index (χ3v) is 4.08. The molecule has 0 N–H and O–H groups in total. The number of hydrogen-bond donors (Lipinski definition) is 0. The van der Waals surface area contributed by atoms with Gasteiger partial charge < -0.3 is 18.9 Å². The van der Waals surface area contributed by atoms with Crippen molar-refractivity contribution >= 4 is 34.6 Å². The quantitative estimate of drug-likeness (QED) is 0.239. The van der Waals surface area contributed by atoms with E-state index in [-0.39, 0.29) is 0 Å². The van der Waals surface area contributed by atoms with Crippen molar-refractivity contribution in [3.05, 3.63) is 45.5 Å². The number of carbonyl (C=O) groups excluding carboxylic acids is 4. The number of fused-ring (bicyclic) bond motifs is 1. The van der Waals surface area contributed by atoms with E-state index in [0.29, 0.717) is 0 Å². The van der Waals surface area contributed by atoms with Crippen molar-refractivity contribution in [1.29, 1.82) is 0 Å². The summed E-state index contributed by atoms with van der Waals surface area (Å²) in [7, 11) is 3.15. The Morgan fingerprint density at radius 1 is 0.467 bits per heavy atom. The molecule has 30 heavy (non-hydrogen) atoms. The van der Waals surface area contributed by atoms with Crippen LogP contribution in [0.1, 0.15) is 41.4 Å². The second kappa shape index (κ2) is 8.35. The van der Waals surface area contributed by atoms with Crippen molar-refractivity contribution < 1.29 is 55.7 Å². The van der Waals surface area contributed by atoms with Crippen molar-refractivity contribution in [2.45, 2.75) is 0 Å². The average Bonchev–Trinajstić information content (AvgIpc) is 2.76. The van der Waals surface area contributed by atoms with Crippen LogP contribution in [0.3, 0.4) is 0 Å². The van der Waals surface area contributed by atoms with Gasteiger partial charge >= 0.3 is 23.9 Å². The number of methoxy groups -OCH3 is 4. The van der Waals surface area contributed by atoms with E-state index < -0.39 is 80.2 Å². The molecule has 160 valence electrons. The molecule has 0 aliphatic heterocycles. The van der Waals surface area contributed by atoms with Crippen molar-refractivity contribution in [3.8, 4) is 0 Å². The minimum absolute atomic E-state index is 0.773. The van der Waals surface area contributed by atoms with Crippen molar-refractivity contribution in [1.82, 2.24) is 0 Å². The molecule has 0 radical (unpaired) electrons. The summed E-state index contributed by atoms with van der Waals surface area (Å²) in [5.74, 6) is -15.0. The highest BCUT2D eigenvalue weighted by Crippen LogP contribution is 2.38. The van der Waals surface area contributed by atoms with Crippen molar-refractivity contribution in [3.63, 3.8) is 0 Å². The molecular formula is C18H12F4O8. The third-order valence-electron chi connectivity index (χ3n) is 4.08. The molecule has 12 heteroatoms. The summed E-state index contributed by atoms with van der Waals surface area (Å²) in [6.45, 7) is 0. The fraction of sp³-hybridized carbons (Fsp3) is 0.222. The van der Waals surface area contributed by atoms with Crippen LogP contribution in [0.25, 0.3) is 10.8 Å². The van der Waals surface area contributed by atoms with Crippen molar-refractivity contribution in [2.24, 2.45) is 0 Å². The first kappa shape index (κ1) is 22.6. The zero-order chi connectivity index (χ0) is 22.9. The van der Waals surface area contributed by atoms with Crippen LogP contribution >= 0.6 is 0 Å². The SMILES string of the molecule is COC(=O)c1c(C(=O)OC)c(C(=O)OC)c2c(F)c(F)c(F)c(F)c2c1C(=O)OC. The lowest BCUT2D eigenvalue weighted by atomic mass is 9.87. The van der Waals surface area contributed by atoms with Crippen LogP contribution in [0.5, 0.6) is 0 Å². The van der Waals surface area contributed by atoms with Gasteiger partial charge in [-0.3, -0.25) is 0 Å². The summed E-state index contributed by atoms with van der Waals surface area (Å²) >= 11 is 0. The van der Waals surface area contributed by atoms with Crippen LogP contribution in [-0.4, -0.2) is 52.3 Å². The Morgan fingerprint density at radius 2 is 0.700 bits per heavy atom. The highest BCUT2D eigenvalue weighted by molar-refractivity contribution is 6.24. The average molecular weight is 432 g/mol. The number of rotatable bonds is 4. The van der Waals surface area contributed by atoms with Gasteiger partial charge in [0.25, 0.3) is 0 Å². The van der Waals surface area contributed by atoms with E-state index >= 15 is 0 Å². The van der Waals surface area contributed by atoms with Crippen LogP contribution in [0, 0.1) is 23.3 Å². The summed E-state index contributed by atoms with van der Waals surface area (Å²) in [6.07, 6.45) is 0. The van der Waals surface area contributed by atoms with Gasteiger partial charge in [0.15, 0.2) is 23.3 Å². The lowest BCUT2D eigenvalue weighted by molar-refractivity contribution is 0.0523. The fourth-order valence-corrected chi connectivity index (χ4v) is 2.83. The number of ether oxygens (including phenoxy) is 4. The topological polar surface area (TPSA) is 105 Å². The maximum atomic E-state index is 14.7. The number of halogens is 4. The van der Waals surface area contributed by atoms with Gasteiger partial charge in [-0.05, 0) is 0 Å². The van der Waals surface area contributed by atoms with Gasteiger partial charge in [-0.25, -0.2) is 36.7 Å². The molecule has 2 rings (SSSR count). The van der Waals surface area contributed by atoms with E-state index in [9.17, 15) is 36.7 Å². The second-order valence-corrected chi connectivity index (χ2v) is 5.47. The van der Waals surface area contributed by atoms with Gasteiger partial charge in [0.05, 0.1) is 50.7 Å². The largest absolute Gasteiger partial charge is 0.465 e. The Bertz CT molecular complexity index is 1020. The predicted octanol–water partition coefficient (Wildman–Crippen LogP) is 2.54. The molecule has 0 unspecified atom stereocenters. The standard InChI is InChI=1S/C18H12F4O8/c1-27-15(23)7-5-6(12(20)14(22)13(21)11(5)19)8(16(24)28-2)10(18(26)30-4)9(7)17(25)29-3/h1-4H3. The van der Waals surface area contributed by atoms with Crippen LogP contribution in [0.2, 0.25) is 0 Å². The van der Waals surface area contributed by atoms with Gasteiger partial charge in [-0.2, -0.15) is 0 Å². The Kier molecular flexibility index (Phi) is 6.29. The summed E-state index contributed by atoms with van der Waals surface area (Å²) in [5.41, 5.74) is -4.59. The number of carbonyl (C=O) groups is 4. The molecule has 0 bridgehead atoms. The summed E-state index contributed by atoms with van der Waals surface area (Å²) in [6, 6.07) is 0. The Hall–Kier alpha value is -3.70. The minimum Gasteiger partial charge on any atom is -0.465 e. The van der Waals surface area contributed by atoms with Gasteiger partial charge in [0, 0.05) is 10.8 Å². The smallest absolute Gasteiger partial charge is 0.339 e. The van der Waals surface area contributed by atoms with Crippen LogP contribution in [-0.2, 0) is 18.9 Å². The molecule has 0 saturated carbocycles. The lowest BCUT2D eigenvalue weighted by Crippen LogP contribution is -2.24. The summed E-state index contributed by atoms with van der Waals surface area (Å²) in [5, 5.41) is -2.68. The number of benzene rings is 2. The summed E-state index contributed by atoms with van der Waals surface area (Å²) < 4.78 is 75.1. The Balaban J connectivity index is 3.48. The zero-order valence-corrected chi connectivity index (χ0v) is 15.8. The van der Waals surface area contributed by atoms with Crippen LogP contribution in [0.4, 0.5) is 17.6 Å². The van der Waals surface area contributed by atoms with E-state index in [4.69, 9.17) is 0 Å². The van der Waals surface area contributed by atoms with E-state index in [1.54, 1.807) is 0 Å². The van der Waals surface area contributed by atoms with Crippen LogP contribution < -0.4 is 0 Å². The molecule has 0 saturated heterocycles. The van der Waals surface area contributed by atoms with E-state index in [0.717, 1.165) is 28.4 Å². The molecular weight excluding hydrogens is 420 g/mol. The predicted molar refractivity (Wildman–Crippen MR) is 89.1 cm³/mol. The van der Waals surface area contributed by atoms with Gasteiger partial charge in [-0.1, -0.05) is 0 Å². The summed E-state index contributed by atoms with van der Waals surface area (Å²) in [4.78, 5) is 49.4. The molecule has 0 atom stereocenters. The van der Waals surface area contributed by atoms with Crippen molar-refractivity contribution in [2.75, 3.05) is 28.4 Å². The first-order chi connectivity index (χ1) is 14.1. The number of esters is 4. The van der Waals surface area contributed by atoms with Gasteiger partial charge in [0.1, 0.15) is 0 Å². The van der Waals surface area contributed by atoms with E-state index in [1.165, 1.54) is 0 Å². The molecule has 0 heterocycles. The Morgan fingerprint density at radius 3 is 0.933 bits per heavy atom. The first-order valence-corrected chi connectivity index (χ1v) is 7.77. The van der Waals surface area contributed by atoms with Crippen LogP contribution in [0.15, 0.2) is 0 Å². The maximum Gasteiger partial charge on any atom is 0.339 e. The highest BCUT2D eigenvalue weighted by Gasteiger charge is 2.39. The highest BCUT2D eigenvalue weighted by atomic mass is 19.2. The fourth-order valence-electron chi connectivity index (χ4n) is 2.83. The molecule has 0 aromatic heterocycles.